The highest BCUT2D eigenvalue weighted by molar-refractivity contribution is 5.95. The standard InChI is InChI=1S/C15H23NO2/c1-5-12(3)15(4,18)10-16-14(17)13-9-7-6-8-11(13)2/h6-9,12,18H,5,10H2,1-4H3,(H,16,17). The lowest BCUT2D eigenvalue weighted by atomic mass is 9.88. The highest BCUT2D eigenvalue weighted by atomic mass is 16.3. The van der Waals surface area contributed by atoms with E-state index in [9.17, 15) is 9.90 Å². The summed E-state index contributed by atoms with van der Waals surface area (Å²) in [5, 5.41) is 13.0. The topological polar surface area (TPSA) is 49.3 Å². The molecule has 0 heterocycles. The van der Waals surface area contributed by atoms with Gasteiger partial charge in [0.2, 0.25) is 0 Å². The molecule has 0 aliphatic rings. The first-order valence-corrected chi connectivity index (χ1v) is 6.44. The van der Waals surface area contributed by atoms with Crippen molar-refractivity contribution in [3.8, 4) is 0 Å². The van der Waals surface area contributed by atoms with Crippen LogP contribution < -0.4 is 5.32 Å². The van der Waals surface area contributed by atoms with Crippen LogP contribution in [0.25, 0.3) is 0 Å². The van der Waals surface area contributed by atoms with Crippen molar-refractivity contribution in [2.75, 3.05) is 6.54 Å². The second-order valence-electron chi connectivity index (χ2n) is 5.16. The average molecular weight is 249 g/mol. The van der Waals surface area contributed by atoms with E-state index in [0.717, 1.165) is 12.0 Å². The zero-order valence-electron chi connectivity index (χ0n) is 11.7. The molecule has 0 bridgehead atoms. The number of hydrogen-bond donors (Lipinski definition) is 2. The van der Waals surface area contributed by atoms with E-state index in [4.69, 9.17) is 0 Å². The molecule has 0 aliphatic carbocycles. The first kappa shape index (κ1) is 14.7. The fourth-order valence-corrected chi connectivity index (χ4v) is 1.80. The summed E-state index contributed by atoms with van der Waals surface area (Å²) in [6, 6.07) is 7.44. The minimum Gasteiger partial charge on any atom is -0.388 e. The molecule has 1 aromatic carbocycles. The zero-order chi connectivity index (χ0) is 13.8. The highest BCUT2D eigenvalue weighted by Crippen LogP contribution is 2.19. The Labute approximate surface area is 109 Å². The molecular formula is C15H23NO2. The van der Waals surface area contributed by atoms with Gasteiger partial charge in [0, 0.05) is 12.1 Å². The number of carbonyl (C=O) groups is 1. The molecule has 0 aromatic heterocycles. The molecule has 0 saturated carbocycles. The van der Waals surface area contributed by atoms with E-state index in [1.807, 2.05) is 39.0 Å². The Bertz CT molecular complexity index is 413. The van der Waals surface area contributed by atoms with Gasteiger partial charge >= 0.3 is 0 Å². The van der Waals surface area contributed by atoms with Crippen molar-refractivity contribution in [2.45, 2.75) is 39.7 Å². The summed E-state index contributed by atoms with van der Waals surface area (Å²) in [7, 11) is 0. The van der Waals surface area contributed by atoms with Gasteiger partial charge in [-0.15, -0.1) is 0 Å². The first-order valence-electron chi connectivity index (χ1n) is 6.44. The molecule has 2 N–H and O–H groups in total. The van der Waals surface area contributed by atoms with Crippen molar-refractivity contribution in [2.24, 2.45) is 5.92 Å². The highest BCUT2D eigenvalue weighted by Gasteiger charge is 2.27. The Morgan fingerprint density at radius 3 is 2.61 bits per heavy atom. The molecule has 0 saturated heterocycles. The number of aryl methyl sites for hydroxylation is 1. The number of benzene rings is 1. The number of carbonyl (C=O) groups excluding carboxylic acids is 1. The molecule has 0 spiro atoms. The second kappa shape index (κ2) is 6.01. The third-order valence-electron chi connectivity index (χ3n) is 3.67. The Morgan fingerprint density at radius 2 is 2.06 bits per heavy atom. The third kappa shape index (κ3) is 3.57. The van der Waals surface area contributed by atoms with Gasteiger partial charge in [-0.2, -0.15) is 0 Å². The van der Waals surface area contributed by atoms with Crippen LogP contribution in [-0.4, -0.2) is 23.2 Å². The predicted molar refractivity (Wildman–Crippen MR) is 73.6 cm³/mol. The Kier molecular flexibility index (Phi) is 4.91. The second-order valence-corrected chi connectivity index (χ2v) is 5.16. The van der Waals surface area contributed by atoms with Gasteiger partial charge in [0.15, 0.2) is 0 Å². The van der Waals surface area contributed by atoms with Gasteiger partial charge in [-0.05, 0) is 31.4 Å². The van der Waals surface area contributed by atoms with Crippen LogP contribution >= 0.6 is 0 Å². The van der Waals surface area contributed by atoms with Gasteiger partial charge in [0.25, 0.3) is 5.91 Å². The van der Waals surface area contributed by atoms with Crippen molar-refractivity contribution < 1.29 is 9.90 Å². The van der Waals surface area contributed by atoms with Crippen LogP contribution in [0.15, 0.2) is 24.3 Å². The minimum atomic E-state index is -0.868. The van der Waals surface area contributed by atoms with Crippen LogP contribution in [0.4, 0.5) is 0 Å². The third-order valence-corrected chi connectivity index (χ3v) is 3.67. The largest absolute Gasteiger partial charge is 0.388 e. The van der Waals surface area contributed by atoms with Crippen molar-refractivity contribution >= 4 is 5.91 Å². The number of nitrogens with one attached hydrogen (secondary N) is 1. The molecular weight excluding hydrogens is 226 g/mol. The van der Waals surface area contributed by atoms with Crippen LogP contribution in [0.2, 0.25) is 0 Å². The summed E-state index contributed by atoms with van der Waals surface area (Å²) in [6.07, 6.45) is 0.882. The van der Waals surface area contributed by atoms with Crippen LogP contribution in [0.5, 0.6) is 0 Å². The molecule has 1 amide bonds. The fourth-order valence-electron chi connectivity index (χ4n) is 1.80. The lowest BCUT2D eigenvalue weighted by molar-refractivity contribution is 0.00592. The molecule has 2 unspecified atom stereocenters. The molecule has 1 rings (SSSR count). The zero-order valence-corrected chi connectivity index (χ0v) is 11.7. The first-order chi connectivity index (χ1) is 8.38. The minimum absolute atomic E-state index is 0.128. The number of hydrogen-bond acceptors (Lipinski definition) is 2. The van der Waals surface area contributed by atoms with Gasteiger partial charge in [0.1, 0.15) is 0 Å². The van der Waals surface area contributed by atoms with Crippen molar-refractivity contribution in [1.82, 2.24) is 5.32 Å². The van der Waals surface area contributed by atoms with E-state index in [2.05, 4.69) is 5.32 Å². The normalized spacial score (nSPS) is 15.8. The molecule has 3 heteroatoms. The molecule has 1 aromatic rings. The smallest absolute Gasteiger partial charge is 0.251 e. The predicted octanol–water partition coefficient (Wildman–Crippen LogP) is 2.52. The van der Waals surface area contributed by atoms with Crippen LogP contribution in [0.3, 0.4) is 0 Å². The van der Waals surface area contributed by atoms with E-state index >= 15 is 0 Å². The monoisotopic (exact) mass is 249 g/mol. The maximum atomic E-state index is 12.0. The number of aliphatic hydroxyl groups is 1. The summed E-state index contributed by atoms with van der Waals surface area (Å²) in [6.45, 7) is 7.96. The number of amides is 1. The van der Waals surface area contributed by atoms with Crippen LogP contribution in [0, 0.1) is 12.8 Å². The maximum Gasteiger partial charge on any atom is 0.251 e. The van der Waals surface area contributed by atoms with Crippen molar-refractivity contribution in [3.05, 3.63) is 35.4 Å². The van der Waals surface area contributed by atoms with Crippen molar-refractivity contribution in [1.29, 1.82) is 0 Å². The Hall–Kier alpha value is -1.35. The summed E-state index contributed by atoms with van der Waals surface area (Å²) in [5.41, 5.74) is 0.739. The van der Waals surface area contributed by atoms with E-state index in [1.165, 1.54) is 0 Å². The maximum absolute atomic E-state index is 12.0. The summed E-state index contributed by atoms with van der Waals surface area (Å²) < 4.78 is 0. The van der Waals surface area contributed by atoms with Gasteiger partial charge in [-0.3, -0.25) is 4.79 Å². The summed E-state index contributed by atoms with van der Waals surface area (Å²) in [4.78, 5) is 12.0. The molecule has 0 radical (unpaired) electrons. The van der Waals surface area contributed by atoms with E-state index in [-0.39, 0.29) is 18.4 Å². The van der Waals surface area contributed by atoms with E-state index < -0.39 is 5.60 Å². The lowest BCUT2D eigenvalue weighted by Gasteiger charge is -2.29. The van der Waals surface area contributed by atoms with Gasteiger partial charge in [-0.1, -0.05) is 38.5 Å². The van der Waals surface area contributed by atoms with E-state index in [1.54, 1.807) is 13.0 Å². The number of rotatable bonds is 5. The van der Waals surface area contributed by atoms with Gasteiger partial charge < -0.3 is 10.4 Å². The summed E-state index contributed by atoms with van der Waals surface area (Å²) in [5.74, 6) is 0.0198. The van der Waals surface area contributed by atoms with Crippen LogP contribution in [-0.2, 0) is 0 Å². The molecule has 3 nitrogen and oxygen atoms in total. The Balaban J connectivity index is 2.65. The molecule has 0 aliphatic heterocycles. The van der Waals surface area contributed by atoms with Crippen LogP contribution in [0.1, 0.15) is 43.1 Å². The van der Waals surface area contributed by atoms with Gasteiger partial charge in [0.05, 0.1) is 5.60 Å². The van der Waals surface area contributed by atoms with Gasteiger partial charge in [-0.25, -0.2) is 0 Å². The SMILES string of the molecule is CCC(C)C(C)(O)CNC(=O)c1ccccc1C. The summed E-state index contributed by atoms with van der Waals surface area (Å²) >= 11 is 0. The lowest BCUT2D eigenvalue weighted by Crippen LogP contribution is -2.45. The molecule has 100 valence electrons. The Morgan fingerprint density at radius 1 is 1.44 bits per heavy atom. The quantitative estimate of drug-likeness (QED) is 0.842. The average Bonchev–Trinajstić information content (AvgIpc) is 2.35. The van der Waals surface area contributed by atoms with E-state index in [0.29, 0.717) is 5.56 Å². The molecule has 18 heavy (non-hydrogen) atoms. The fraction of sp³-hybridized carbons (Fsp3) is 0.533. The van der Waals surface area contributed by atoms with Crippen molar-refractivity contribution in [3.63, 3.8) is 0 Å². The molecule has 0 fully saturated rings. The molecule has 2 atom stereocenters.